The highest BCUT2D eigenvalue weighted by molar-refractivity contribution is 8.00. The summed E-state index contributed by atoms with van der Waals surface area (Å²) in [5.41, 5.74) is 2.78. The molecule has 0 saturated carbocycles. The van der Waals surface area contributed by atoms with Gasteiger partial charge in [0.25, 0.3) is 5.78 Å². The van der Waals surface area contributed by atoms with Crippen LogP contribution in [0, 0.1) is 0 Å². The van der Waals surface area contributed by atoms with Gasteiger partial charge < -0.3 is 19.3 Å². The van der Waals surface area contributed by atoms with Crippen LogP contribution in [0.2, 0.25) is 5.02 Å². The first kappa shape index (κ1) is 32.9. The molecular weight excluding hydrogens is 658 g/mol. The molecule has 2 aliphatic heterocycles. The SMILES string of the molecule is CCCCOc1ccc(C2/C(=C(\O)c3ccc4c(c3)CC(C)O4)C(=O)C(=O)N2c2nnc(SCc3ccccc3Cl)s2)cc1OCC. The molecule has 1 fully saturated rings. The second-order valence-electron chi connectivity index (χ2n) is 11.2. The number of carbonyl (C=O) groups is 2. The number of halogens is 1. The minimum absolute atomic E-state index is 0.00501. The van der Waals surface area contributed by atoms with Gasteiger partial charge in [0.05, 0.1) is 24.8 Å². The maximum absolute atomic E-state index is 13.8. The molecule has 1 N–H and O–H groups in total. The molecule has 12 heteroatoms. The standard InChI is InChI=1S/C35H34ClN3O6S2/c1-4-6-15-44-27-14-11-21(18-28(27)43-5-2)30-29(31(40)22-12-13-26-24(17-22)16-20(3)45-26)32(41)33(42)39(30)34-37-38-35(47-34)46-19-23-9-7-8-10-25(23)36/h7-14,17-18,20,30,40H,4-6,15-16,19H2,1-3H3/b31-29+. The lowest BCUT2D eigenvalue weighted by Crippen LogP contribution is -2.29. The summed E-state index contributed by atoms with van der Waals surface area (Å²) in [6.45, 7) is 6.83. The Morgan fingerprint density at radius 2 is 1.91 bits per heavy atom. The molecule has 4 aromatic rings. The van der Waals surface area contributed by atoms with Gasteiger partial charge in [-0.25, -0.2) is 0 Å². The first-order chi connectivity index (χ1) is 22.8. The number of hydrogen-bond donors (Lipinski definition) is 1. The van der Waals surface area contributed by atoms with Gasteiger partial charge in [0.15, 0.2) is 15.8 Å². The normalized spacial score (nSPS) is 18.3. The third kappa shape index (κ3) is 6.83. The van der Waals surface area contributed by atoms with E-state index < -0.39 is 17.7 Å². The number of rotatable bonds is 12. The summed E-state index contributed by atoms with van der Waals surface area (Å²) in [4.78, 5) is 29.0. The number of fused-ring (bicyclic) bond motifs is 1. The van der Waals surface area contributed by atoms with Crippen LogP contribution in [0.3, 0.4) is 0 Å². The van der Waals surface area contributed by atoms with Crippen molar-refractivity contribution >= 4 is 57.3 Å². The second kappa shape index (κ2) is 14.4. The summed E-state index contributed by atoms with van der Waals surface area (Å²) in [5.74, 6) is 0.411. The van der Waals surface area contributed by atoms with Crippen LogP contribution in [-0.4, -0.2) is 46.3 Å². The van der Waals surface area contributed by atoms with Gasteiger partial charge in [0, 0.05) is 22.8 Å². The van der Waals surface area contributed by atoms with Crippen molar-refractivity contribution in [1.82, 2.24) is 10.2 Å². The minimum Gasteiger partial charge on any atom is -0.507 e. The number of Topliss-reactive ketones (excluding diaryl/α,β-unsaturated/α-hetero) is 1. The van der Waals surface area contributed by atoms with Gasteiger partial charge in [-0.15, -0.1) is 10.2 Å². The summed E-state index contributed by atoms with van der Waals surface area (Å²) in [6, 6.07) is 17.1. The first-order valence-electron chi connectivity index (χ1n) is 15.5. The Hall–Kier alpha value is -4.06. The Balaban J connectivity index is 1.42. The minimum atomic E-state index is -1.00. The number of anilines is 1. The zero-order chi connectivity index (χ0) is 33.1. The first-order valence-corrected chi connectivity index (χ1v) is 17.7. The number of aliphatic hydroxyl groups excluding tert-OH is 1. The average molecular weight is 692 g/mol. The summed E-state index contributed by atoms with van der Waals surface area (Å²) < 4.78 is 18.4. The van der Waals surface area contributed by atoms with Crippen LogP contribution >= 0.6 is 34.7 Å². The van der Waals surface area contributed by atoms with Crippen LogP contribution in [0.4, 0.5) is 5.13 Å². The number of hydrogen-bond acceptors (Lipinski definition) is 10. The molecular formula is C35H34ClN3O6S2. The number of ketones is 1. The van der Waals surface area contributed by atoms with Crippen molar-refractivity contribution in [3.05, 3.63) is 93.5 Å². The monoisotopic (exact) mass is 691 g/mol. The van der Waals surface area contributed by atoms with Crippen molar-refractivity contribution in [3.8, 4) is 17.2 Å². The lowest BCUT2D eigenvalue weighted by Gasteiger charge is -2.23. The van der Waals surface area contributed by atoms with Crippen LogP contribution < -0.4 is 19.1 Å². The third-order valence-corrected chi connectivity index (χ3v) is 10.3. The van der Waals surface area contributed by atoms with Gasteiger partial charge in [0.2, 0.25) is 5.13 Å². The molecule has 1 aromatic heterocycles. The van der Waals surface area contributed by atoms with Crippen molar-refractivity contribution in [2.75, 3.05) is 18.1 Å². The highest BCUT2D eigenvalue weighted by atomic mass is 35.5. The number of thioether (sulfide) groups is 1. The van der Waals surface area contributed by atoms with Crippen LogP contribution in [0.25, 0.3) is 5.76 Å². The molecule has 0 radical (unpaired) electrons. The Morgan fingerprint density at radius 3 is 2.70 bits per heavy atom. The van der Waals surface area contributed by atoms with E-state index in [1.807, 2.05) is 44.2 Å². The van der Waals surface area contributed by atoms with Crippen molar-refractivity contribution in [2.45, 2.75) is 62.3 Å². The van der Waals surface area contributed by atoms with Gasteiger partial charge >= 0.3 is 5.91 Å². The van der Waals surface area contributed by atoms with E-state index in [0.29, 0.717) is 57.4 Å². The largest absolute Gasteiger partial charge is 0.507 e. The third-order valence-electron chi connectivity index (χ3n) is 7.86. The molecule has 244 valence electrons. The summed E-state index contributed by atoms with van der Waals surface area (Å²) in [5, 5.41) is 21.3. The van der Waals surface area contributed by atoms with Crippen LogP contribution in [0.1, 0.15) is 61.9 Å². The number of aliphatic hydroxyl groups is 1. The number of amides is 1. The maximum atomic E-state index is 13.8. The predicted molar refractivity (Wildman–Crippen MR) is 184 cm³/mol. The highest BCUT2D eigenvalue weighted by Crippen LogP contribution is 2.46. The lowest BCUT2D eigenvalue weighted by molar-refractivity contribution is -0.132. The van der Waals surface area contributed by atoms with Crippen molar-refractivity contribution in [1.29, 1.82) is 0 Å². The van der Waals surface area contributed by atoms with Crippen LogP contribution in [-0.2, 0) is 21.8 Å². The molecule has 2 aliphatic rings. The van der Waals surface area contributed by atoms with Crippen LogP contribution in [0.5, 0.6) is 17.2 Å². The number of unbranched alkanes of at least 4 members (excludes halogenated alkanes) is 1. The quantitative estimate of drug-likeness (QED) is 0.0394. The molecule has 2 unspecified atom stereocenters. The van der Waals surface area contributed by atoms with E-state index >= 15 is 0 Å². The average Bonchev–Trinajstić information content (AvgIpc) is 3.76. The smallest absolute Gasteiger partial charge is 0.301 e. The van der Waals surface area contributed by atoms with Gasteiger partial charge in [-0.1, -0.05) is 72.3 Å². The molecule has 0 spiro atoms. The second-order valence-corrected chi connectivity index (χ2v) is 13.8. The van der Waals surface area contributed by atoms with E-state index in [4.69, 9.17) is 25.8 Å². The zero-order valence-corrected chi connectivity index (χ0v) is 28.6. The van der Waals surface area contributed by atoms with Crippen LogP contribution in [0.15, 0.2) is 70.6 Å². The molecule has 9 nitrogen and oxygen atoms in total. The van der Waals surface area contributed by atoms with E-state index in [2.05, 4.69) is 17.1 Å². The van der Waals surface area contributed by atoms with E-state index in [9.17, 15) is 14.7 Å². The Kier molecular flexibility index (Phi) is 10.0. The molecule has 47 heavy (non-hydrogen) atoms. The number of nitrogens with zero attached hydrogens (tertiary/aromatic N) is 3. The fourth-order valence-electron chi connectivity index (χ4n) is 5.59. The Bertz CT molecular complexity index is 1840. The van der Waals surface area contributed by atoms with E-state index in [1.165, 1.54) is 28.0 Å². The van der Waals surface area contributed by atoms with Gasteiger partial charge in [-0.2, -0.15) is 0 Å². The molecule has 6 rings (SSSR count). The van der Waals surface area contributed by atoms with E-state index in [1.54, 1.807) is 30.3 Å². The number of aromatic nitrogens is 2. The number of benzene rings is 3. The fraction of sp³-hybridized carbons (Fsp3) is 0.314. The summed E-state index contributed by atoms with van der Waals surface area (Å²) >= 11 is 8.97. The Morgan fingerprint density at radius 1 is 1.09 bits per heavy atom. The zero-order valence-electron chi connectivity index (χ0n) is 26.2. The fourth-order valence-corrected chi connectivity index (χ4v) is 7.75. The molecule has 1 amide bonds. The molecule has 0 bridgehead atoms. The molecule has 0 aliphatic carbocycles. The number of ether oxygens (including phenoxy) is 3. The highest BCUT2D eigenvalue weighted by Gasteiger charge is 2.48. The molecule has 1 saturated heterocycles. The Labute approximate surface area is 286 Å². The maximum Gasteiger partial charge on any atom is 0.301 e. The van der Waals surface area contributed by atoms with Gasteiger partial charge in [0.1, 0.15) is 17.6 Å². The molecule has 3 aromatic carbocycles. The van der Waals surface area contributed by atoms with E-state index in [0.717, 1.165) is 29.7 Å². The van der Waals surface area contributed by atoms with Crippen molar-refractivity contribution in [3.63, 3.8) is 0 Å². The topological polar surface area (TPSA) is 111 Å². The summed E-state index contributed by atoms with van der Waals surface area (Å²) in [7, 11) is 0. The van der Waals surface area contributed by atoms with Crippen molar-refractivity contribution in [2.24, 2.45) is 0 Å². The molecule has 3 heterocycles. The lowest BCUT2D eigenvalue weighted by atomic mass is 9.94. The summed E-state index contributed by atoms with van der Waals surface area (Å²) in [6.07, 6.45) is 2.53. The van der Waals surface area contributed by atoms with Gasteiger partial charge in [-0.3, -0.25) is 14.5 Å². The van der Waals surface area contributed by atoms with E-state index in [-0.39, 0.29) is 22.6 Å². The van der Waals surface area contributed by atoms with Gasteiger partial charge in [-0.05, 0) is 73.4 Å². The number of carbonyl (C=O) groups excluding carboxylic acids is 2. The predicted octanol–water partition coefficient (Wildman–Crippen LogP) is 8.01. The molecule has 2 atom stereocenters. The van der Waals surface area contributed by atoms with Crippen molar-refractivity contribution < 1.29 is 28.9 Å².